The first kappa shape index (κ1) is 11.1. The largest absolute Gasteiger partial charge is 0.471 e. The molecule has 1 aliphatic rings. The van der Waals surface area contributed by atoms with Crippen LogP contribution < -0.4 is 10.5 Å². The molecule has 1 atom stereocenters. The van der Waals surface area contributed by atoms with Crippen LogP contribution in [0.4, 0.5) is 5.82 Å². The third-order valence-corrected chi connectivity index (χ3v) is 2.62. The summed E-state index contributed by atoms with van der Waals surface area (Å²) in [6, 6.07) is 0. The molecule has 2 heterocycles. The fraction of sp³-hybridized carbons (Fsp3) is 0.636. The molecular formula is C11H17N3O2. The zero-order chi connectivity index (χ0) is 11.5. The number of nitrogen functional groups attached to an aromatic ring is 1. The number of ether oxygens (including phenoxy) is 2. The Balaban J connectivity index is 2.21. The van der Waals surface area contributed by atoms with Crippen LogP contribution >= 0.6 is 0 Å². The monoisotopic (exact) mass is 223 g/mol. The van der Waals surface area contributed by atoms with Gasteiger partial charge in [0, 0.05) is 6.42 Å². The summed E-state index contributed by atoms with van der Waals surface area (Å²) in [7, 11) is 0. The molecule has 88 valence electrons. The van der Waals surface area contributed by atoms with Gasteiger partial charge in [-0.3, -0.25) is 0 Å². The van der Waals surface area contributed by atoms with E-state index in [2.05, 4.69) is 9.97 Å². The first-order chi connectivity index (χ1) is 7.68. The maximum atomic E-state index is 5.83. The van der Waals surface area contributed by atoms with Crippen LogP contribution in [0.15, 0.2) is 6.33 Å². The molecule has 0 radical (unpaired) electrons. The van der Waals surface area contributed by atoms with Crippen molar-refractivity contribution >= 4 is 5.82 Å². The summed E-state index contributed by atoms with van der Waals surface area (Å²) < 4.78 is 11.1. The van der Waals surface area contributed by atoms with Gasteiger partial charge in [-0.25, -0.2) is 9.97 Å². The molecule has 0 amide bonds. The molecule has 0 aliphatic carbocycles. The van der Waals surface area contributed by atoms with Gasteiger partial charge in [0.1, 0.15) is 18.2 Å². The number of nitrogens with zero attached hydrogens (tertiary/aromatic N) is 2. The van der Waals surface area contributed by atoms with E-state index in [1.165, 1.54) is 6.33 Å². The van der Waals surface area contributed by atoms with Crippen molar-refractivity contribution in [3.05, 3.63) is 11.9 Å². The maximum Gasteiger partial charge on any atom is 0.222 e. The van der Waals surface area contributed by atoms with E-state index in [-0.39, 0.29) is 12.0 Å². The van der Waals surface area contributed by atoms with Crippen molar-refractivity contribution < 1.29 is 9.47 Å². The second-order valence-corrected chi connectivity index (χ2v) is 4.24. The van der Waals surface area contributed by atoms with Crippen LogP contribution in [0, 0.1) is 0 Å². The standard InChI is InChI=1S/C11H17N3O2/c1-7(2)9-10(12)13-6-14-11(9)16-8-3-4-15-5-8/h6-8H,3-5H2,1-2H3,(H2,12,13,14). The van der Waals surface area contributed by atoms with Crippen LogP contribution in [-0.2, 0) is 4.74 Å². The summed E-state index contributed by atoms with van der Waals surface area (Å²) in [4.78, 5) is 8.15. The van der Waals surface area contributed by atoms with Crippen molar-refractivity contribution in [3.8, 4) is 5.88 Å². The quantitative estimate of drug-likeness (QED) is 0.837. The Morgan fingerprint density at radius 2 is 2.31 bits per heavy atom. The third-order valence-electron chi connectivity index (χ3n) is 2.62. The van der Waals surface area contributed by atoms with Gasteiger partial charge in [-0.15, -0.1) is 0 Å². The van der Waals surface area contributed by atoms with Crippen molar-refractivity contribution in [2.75, 3.05) is 18.9 Å². The van der Waals surface area contributed by atoms with Gasteiger partial charge in [0.15, 0.2) is 0 Å². The van der Waals surface area contributed by atoms with Crippen LogP contribution in [0.25, 0.3) is 0 Å². The van der Waals surface area contributed by atoms with Gasteiger partial charge in [0.05, 0.1) is 18.8 Å². The number of hydrogen-bond acceptors (Lipinski definition) is 5. The molecule has 1 aliphatic heterocycles. The lowest BCUT2D eigenvalue weighted by Gasteiger charge is -2.16. The Kier molecular flexibility index (Phi) is 3.24. The van der Waals surface area contributed by atoms with E-state index >= 15 is 0 Å². The highest BCUT2D eigenvalue weighted by Crippen LogP contribution is 2.29. The SMILES string of the molecule is CC(C)c1c(N)ncnc1OC1CCOC1. The van der Waals surface area contributed by atoms with Gasteiger partial charge < -0.3 is 15.2 Å². The molecule has 1 fully saturated rings. The molecule has 0 saturated carbocycles. The van der Waals surface area contributed by atoms with E-state index in [1.54, 1.807) is 0 Å². The van der Waals surface area contributed by atoms with E-state index < -0.39 is 0 Å². The van der Waals surface area contributed by atoms with Gasteiger partial charge in [0.25, 0.3) is 0 Å². The van der Waals surface area contributed by atoms with Gasteiger partial charge >= 0.3 is 0 Å². The Morgan fingerprint density at radius 3 is 2.94 bits per heavy atom. The van der Waals surface area contributed by atoms with E-state index in [9.17, 15) is 0 Å². The topological polar surface area (TPSA) is 70.3 Å². The summed E-state index contributed by atoms with van der Waals surface area (Å²) in [5.74, 6) is 1.34. The smallest absolute Gasteiger partial charge is 0.222 e. The molecule has 2 rings (SSSR count). The Labute approximate surface area is 95.0 Å². The summed E-state index contributed by atoms with van der Waals surface area (Å²) in [6.07, 6.45) is 2.43. The van der Waals surface area contributed by atoms with Crippen molar-refractivity contribution in [1.82, 2.24) is 9.97 Å². The summed E-state index contributed by atoms with van der Waals surface area (Å²) >= 11 is 0. The first-order valence-corrected chi connectivity index (χ1v) is 5.53. The number of rotatable bonds is 3. The van der Waals surface area contributed by atoms with Crippen LogP contribution in [0.3, 0.4) is 0 Å². The Bertz CT molecular complexity index is 362. The Morgan fingerprint density at radius 1 is 1.50 bits per heavy atom. The Hall–Kier alpha value is -1.36. The molecule has 2 N–H and O–H groups in total. The fourth-order valence-corrected chi connectivity index (χ4v) is 1.79. The van der Waals surface area contributed by atoms with Crippen LogP contribution in [-0.4, -0.2) is 29.3 Å². The van der Waals surface area contributed by atoms with Crippen molar-refractivity contribution in [2.24, 2.45) is 0 Å². The van der Waals surface area contributed by atoms with Crippen molar-refractivity contribution in [3.63, 3.8) is 0 Å². The van der Waals surface area contributed by atoms with E-state index in [0.717, 1.165) is 18.6 Å². The first-order valence-electron chi connectivity index (χ1n) is 5.53. The van der Waals surface area contributed by atoms with Gasteiger partial charge in [-0.1, -0.05) is 13.8 Å². The van der Waals surface area contributed by atoms with Gasteiger partial charge in [0.2, 0.25) is 5.88 Å². The average Bonchev–Trinajstić information content (AvgIpc) is 2.70. The molecule has 16 heavy (non-hydrogen) atoms. The average molecular weight is 223 g/mol. The van der Waals surface area contributed by atoms with E-state index in [1.807, 2.05) is 13.8 Å². The molecule has 1 unspecified atom stereocenters. The number of hydrogen-bond donors (Lipinski definition) is 1. The molecule has 1 saturated heterocycles. The lowest BCUT2D eigenvalue weighted by Crippen LogP contribution is -2.18. The highest BCUT2D eigenvalue weighted by atomic mass is 16.5. The minimum atomic E-state index is 0.0896. The summed E-state index contributed by atoms with van der Waals surface area (Å²) in [5.41, 5.74) is 6.72. The lowest BCUT2D eigenvalue weighted by molar-refractivity contribution is 0.137. The zero-order valence-corrected chi connectivity index (χ0v) is 9.64. The molecular weight excluding hydrogens is 206 g/mol. The number of nitrogens with two attached hydrogens (primary N) is 1. The highest BCUT2D eigenvalue weighted by Gasteiger charge is 2.21. The molecule has 5 heteroatoms. The third kappa shape index (κ3) is 2.24. The van der Waals surface area contributed by atoms with Crippen LogP contribution in [0.5, 0.6) is 5.88 Å². The maximum absolute atomic E-state index is 5.83. The normalized spacial score (nSPS) is 20.3. The van der Waals surface area contributed by atoms with Crippen LogP contribution in [0.1, 0.15) is 31.7 Å². The highest BCUT2D eigenvalue weighted by molar-refractivity contribution is 5.46. The van der Waals surface area contributed by atoms with Crippen molar-refractivity contribution in [2.45, 2.75) is 32.3 Å². The zero-order valence-electron chi connectivity index (χ0n) is 9.64. The summed E-state index contributed by atoms with van der Waals surface area (Å²) in [6.45, 7) is 5.48. The molecule has 0 bridgehead atoms. The fourth-order valence-electron chi connectivity index (χ4n) is 1.79. The minimum Gasteiger partial charge on any atom is -0.471 e. The van der Waals surface area contributed by atoms with Gasteiger partial charge in [-0.05, 0) is 5.92 Å². The molecule has 1 aromatic heterocycles. The molecule has 0 aromatic carbocycles. The lowest BCUT2D eigenvalue weighted by atomic mass is 10.1. The minimum absolute atomic E-state index is 0.0896. The van der Waals surface area contributed by atoms with Gasteiger partial charge in [-0.2, -0.15) is 0 Å². The molecule has 0 spiro atoms. The number of anilines is 1. The predicted octanol–water partition coefficient (Wildman–Crippen LogP) is 1.35. The summed E-state index contributed by atoms with van der Waals surface area (Å²) in [5, 5.41) is 0. The second-order valence-electron chi connectivity index (χ2n) is 4.24. The molecule has 1 aromatic rings. The predicted molar refractivity (Wildman–Crippen MR) is 60.4 cm³/mol. The van der Waals surface area contributed by atoms with Crippen LogP contribution in [0.2, 0.25) is 0 Å². The number of aromatic nitrogens is 2. The second kappa shape index (κ2) is 4.65. The molecule has 5 nitrogen and oxygen atoms in total. The van der Waals surface area contributed by atoms with E-state index in [4.69, 9.17) is 15.2 Å². The van der Waals surface area contributed by atoms with E-state index in [0.29, 0.717) is 18.3 Å². The van der Waals surface area contributed by atoms with Crippen molar-refractivity contribution in [1.29, 1.82) is 0 Å².